The normalized spacial score (nSPS) is 27.8. The molecule has 0 radical (unpaired) electrons. The van der Waals surface area contributed by atoms with Gasteiger partial charge in [-0.25, -0.2) is 0 Å². The van der Waals surface area contributed by atoms with Gasteiger partial charge in [-0.1, -0.05) is 6.07 Å². The Kier molecular flexibility index (Phi) is 3.19. The van der Waals surface area contributed by atoms with Crippen LogP contribution in [-0.2, 0) is 0 Å². The molecule has 1 aromatic heterocycles. The molecule has 3 saturated heterocycles. The Labute approximate surface area is 125 Å². The van der Waals surface area contributed by atoms with Crippen LogP contribution in [0.5, 0.6) is 5.75 Å². The Morgan fingerprint density at radius 3 is 2.86 bits per heavy atom. The Morgan fingerprint density at radius 2 is 2.14 bits per heavy atom. The van der Waals surface area contributed by atoms with E-state index in [1.165, 1.54) is 25.9 Å². The number of rotatable bonds is 3. The van der Waals surface area contributed by atoms with Gasteiger partial charge in [0.15, 0.2) is 0 Å². The van der Waals surface area contributed by atoms with Crippen LogP contribution >= 0.6 is 0 Å². The van der Waals surface area contributed by atoms with Gasteiger partial charge in [0.1, 0.15) is 5.75 Å². The average molecular weight is 283 g/mol. The molecule has 4 nitrogen and oxygen atoms in total. The number of methoxy groups -OCH3 is 1. The summed E-state index contributed by atoms with van der Waals surface area (Å²) >= 11 is 0. The van der Waals surface area contributed by atoms with Crippen molar-refractivity contribution in [3.8, 4) is 5.75 Å². The van der Waals surface area contributed by atoms with Gasteiger partial charge in [-0.2, -0.15) is 0 Å². The maximum Gasteiger partial charge on any atom is 0.121 e. The van der Waals surface area contributed by atoms with E-state index in [1.54, 1.807) is 7.11 Å². The molecular formula is C17H21N3O. The zero-order valence-electron chi connectivity index (χ0n) is 12.4. The summed E-state index contributed by atoms with van der Waals surface area (Å²) in [6.07, 6.45) is 4.48. The second-order valence-corrected chi connectivity index (χ2v) is 6.14. The Bertz CT molecular complexity index is 650. The highest BCUT2D eigenvalue weighted by Gasteiger charge is 2.34. The first-order chi connectivity index (χ1) is 10.3. The number of pyridine rings is 1. The smallest absolute Gasteiger partial charge is 0.121 e. The lowest BCUT2D eigenvalue weighted by molar-refractivity contribution is 0.0976. The fourth-order valence-electron chi connectivity index (χ4n) is 3.72. The van der Waals surface area contributed by atoms with Crippen molar-refractivity contribution in [2.24, 2.45) is 5.92 Å². The molecule has 1 atom stereocenters. The first-order valence-electron chi connectivity index (χ1n) is 7.75. The molecular weight excluding hydrogens is 262 g/mol. The molecule has 3 fully saturated rings. The van der Waals surface area contributed by atoms with Crippen molar-refractivity contribution in [3.63, 3.8) is 0 Å². The number of aromatic nitrogens is 1. The van der Waals surface area contributed by atoms with Crippen molar-refractivity contribution < 1.29 is 4.74 Å². The SMILES string of the molecule is COc1cc(N[C@H]2CN3CCC2CC3)c2ncccc2c1. The largest absolute Gasteiger partial charge is 0.497 e. The first-order valence-corrected chi connectivity index (χ1v) is 7.75. The minimum atomic E-state index is 0.532. The van der Waals surface area contributed by atoms with Gasteiger partial charge in [0, 0.05) is 30.2 Å². The van der Waals surface area contributed by atoms with Gasteiger partial charge >= 0.3 is 0 Å². The number of hydrogen-bond donors (Lipinski definition) is 1. The summed E-state index contributed by atoms with van der Waals surface area (Å²) in [6.45, 7) is 3.68. The van der Waals surface area contributed by atoms with E-state index < -0.39 is 0 Å². The first kappa shape index (κ1) is 12.9. The molecule has 0 saturated carbocycles. The summed E-state index contributed by atoms with van der Waals surface area (Å²) in [4.78, 5) is 7.12. The number of ether oxygens (including phenoxy) is 1. The molecule has 110 valence electrons. The van der Waals surface area contributed by atoms with Crippen molar-refractivity contribution in [2.45, 2.75) is 18.9 Å². The third kappa shape index (κ3) is 2.33. The second kappa shape index (κ2) is 5.19. The standard InChI is InChI=1S/C17H21N3O/c1-21-14-9-13-3-2-6-18-17(13)15(10-14)19-16-11-20-7-4-12(16)5-8-20/h2-3,6,9-10,12,16,19H,4-5,7-8,11H2,1H3/t16-/m0/s1. The number of anilines is 1. The van der Waals surface area contributed by atoms with Crippen LogP contribution < -0.4 is 10.1 Å². The van der Waals surface area contributed by atoms with Crippen molar-refractivity contribution in [2.75, 3.05) is 32.1 Å². The van der Waals surface area contributed by atoms with Crippen LogP contribution in [0.1, 0.15) is 12.8 Å². The number of fused-ring (bicyclic) bond motifs is 4. The molecule has 3 aliphatic rings. The number of benzene rings is 1. The molecule has 0 aliphatic carbocycles. The molecule has 0 amide bonds. The average Bonchev–Trinajstić information content (AvgIpc) is 2.56. The number of hydrogen-bond acceptors (Lipinski definition) is 4. The van der Waals surface area contributed by atoms with Crippen molar-refractivity contribution in [3.05, 3.63) is 30.5 Å². The molecule has 5 rings (SSSR count). The molecule has 0 spiro atoms. The minimum absolute atomic E-state index is 0.532. The van der Waals surface area contributed by atoms with Gasteiger partial charge in [0.05, 0.1) is 18.3 Å². The zero-order valence-corrected chi connectivity index (χ0v) is 12.4. The third-order valence-electron chi connectivity index (χ3n) is 4.91. The number of nitrogens with zero attached hydrogens (tertiary/aromatic N) is 2. The van der Waals surface area contributed by atoms with Crippen molar-refractivity contribution in [1.29, 1.82) is 0 Å². The molecule has 2 bridgehead atoms. The van der Waals surface area contributed by atoms with E-state index in [0.717, 1.165) is 34.8 Å². The second-order valence-electron chi connectivity index (χ2n) is 6.14. The Hall–Kier alpha value is -1.81. The topological polar surface area (TPSA) is 37.4 Å². The van der Waals surface area contributed by atoms with Crippen LogP contribution in [0.4, 0.5) is 5.69 Å². The van der Waals surface area contributed by atoms with Crippen LogP contribution in [0.2, 0.25) is 0 Å². The number of nitrogens with one attached hydrogen (secondary N) is 1. The molecule has 3 aliphatic heterocycles. The predicted molar refractivity (Wildman–Crippen MR) is 84.9 cm³/mol. The van der Waals surface area contributed by atoms with Gasteiger partial charge < -0.3 is 15.0 Å². The van der Waals surface area contributed by atoms with Gasteiger partial charge in [-0.15, -0.1) is 0 Å². The summed E-state index contributed by atoms with van der Waals surface area (Å²) < 4.78 is 5.44. The Morgan fingerprint density at radius 1 is 1.29 bits per heavy atom. The highest BCUT2D eigenvalue weighted by atomic mass is 16.5. The minimum Gasteiger partial charge on any atom is -0.497 e. The molecule has 4 heteroatoms. The fraction of sp³-hybridized carbons (Fsp3) is 0.471. The van der Waals surface area contributed by atoms with Crippen LogP contribution in [0.15, 0.2) is 30.5 Å². The summed E-state index contributed by atoms with van der Waals surface area (Å²) in [7, 11) is 1.72. The monoisotopic (exact) mass is 283 g/mol. The van der Waals surface area contributed by atoms with E-state index in [4.69, 9.17) is 4.74 Å². The molecule has 1 aromatic carbocycles. The van der Waals surface area contributed by atoms with Crippen LogP contribution in [0.3, 0.4) is 0 Å². The lowest BCUT2D eigenvalue weighted by Gasteiger charge is -2.45. The van der Waals surface area contributed by atoms with Crippen LogP contribution in [-0.4, -0.2) is 42.7 Å². The Balaban J connectivity index is 1.69. The molecule has 21 heavy (non-hydrogen) atoms. The zero-order chi connectivity index (χ0) is 14.2. The molecule has 0 unspecified atom stereocenters. The van der Waals surface area contributed by atoms with E-state index in [2.05, 4.69) is 27.3 Å². The van der Waals surface area contributed by atoms with Gasteiger partial charge in [0.25, 0.3) is 0 Å². The van der Waals surface area contributed by atoms with Gasteiger partial charge in [-0.05, 0) is 44.0 Å². The van der Waals surface area contributed by atoms with Crippen molar-refractivity contribution in [1.82, 2.24) is 9.88 Å². The fourth-order valence-corrected chi connectivity index (χ4v) is 3.72. The molecule has 1 N–H and O–H groups in total. The number of piperidine rings is 3. The van der Waals surface area contributed by atoms with Crippen molar-refractivity contribution >= 4 is 16.6 Å². The van der Waals surface area contributed by atoms with E-state index in [9.17, 15) is 0 Å². The predicted octanol–water partition coefficient (Wildman–Crippen LogP) is 2.75. The van der Waals surface area contributed by atoms with E-state index in [-0.39, 0.29) is 0 Å². The third-order valence-corrected chi connectivity index (χ3v) is 4.91. The van der Waals surface area contributed by atoms with Gasteiger partial charge in [0.2, 0.25) is 0 Å². The van der Waals surface area contributed by atoms with Gasteiger partial charge in [-0.3, -0.25) is 4.98 Å². The highest BCUT2D eigenvalue weighted by molar-refractivity contribution is 5.92. The highest BCUT2D eigenvalue weighted by Crippen LogP contribution is 2.33. The molecule has 4 heterocycles. The van der Waals surface area contributed by atoms with E-state index >= 15 is 0 Å². The summed E-state index contributed by atoms with van der Waals surface area (Å²) in [5.74, 6) is 1.68. The summed E-state index contributed by atoms with van der Waals surface area (Å²) in [5.41, 5.74) is 2.14. The van der Waals surface area contributed by atoms with Crippen LogP contribution in [0.25, 0.3) is 10.9 Å². The lowest BCUT2D eigenvalue weighted by Crippen LogP contribution is -2.53. The summed E-state index contributed by atoms with van der Waals surface area (Å²) in [6, 6.07) is 8.72. The summed E-state index contributed by atoms with van der Waals surface area (Å²) in [5, 5.41) is 4.87. The van der Waals surface area contributed by atoms with E-state index in [0.29, 0.717) is 6.04 Å². The molecule has 2 aromatic rings. The quantitative estimate of drug-likeness (QED) is 0.940. The van der Waals surface area contributed by atoms with E-state index in [1.807, 2.05) is 18.3 Å². The maximum atomic E-state index is 5.44. The maximum absolute atomic E-state index is 5.44. The lowest BCUT2D eigenvalue weighted by atomic mass is 9.84. The van der Waals surface area contributed by atoms with Crippen LogP contribution in [0, 0.1) is 5.92 Å².